The minimum atomic E-state index is -0.904. The molecule has 1 atom stereocenters. The van der Waals surface area contributed by atoms with Gasteiger partial charge in [-0.25, -0.2) is 0 Å². The number of halogens is 1. The van der Waals surface area contributed by atoms with Crippen molar-refractivity contribution in [3.05, 3.63) is 58.6 Å². The molecular weight excluding hydrogens is 362 g/mol. The summed E-state index contributed by atoms with van der Waals surface area (Å²) in [6.45, 7) is 1.52. The third-order valence-electron chi connectivity index (χ3n) is 3.05. The first-order chi connectivity index (χ1) is 10.9. The molecule has 0 aliphatic carbocycles. The first-order valence-electron chi connectivity index (χ1n) is 6.98. The smallest absolute Gasteiger partial charge is 0.311 e. The van der Waals surface area contributed by atoms with E-state index in [1.807, 2.05) is 6.07 Å². The van der Waals surface area contributed by atoms with Crippen LogP contribution >= 0.6 is 15.9 Å². The first kappa shape index (κ1) is 17.0. The van der Waals surface area contributed by atoms with E-state index in [9.17, 15) is 14.7 Å². The van der Waals surface area contributed by atoms with Gasteiger partial charge in [0.15, 0.2) is 6.10 Å². The average Bonchev–Trinajstić information content (AvgIpc) is 2.49. The summed E-state index contributed by atoms with van der Waals surface area (Å²) in [4.78, 5) is 23.9. The van der Waals surface area contributed by atoms with Gasteiger partial charge >= 0.3 is 5.97 Å². The summed E-state index contributed by atoms with van der Waals surface area (Å²) in [5.74, 6) is -0.779. The van der Waals surface area contributed by atoms with E-state index in [2.05, 4.69) is 21.2 Å². The van der Waals surface area contributed by atoms with Crippen molar-refractivity contribution in [2.24, 2.45) is 0 Å². The normalized spacial score (nSPS) is 11.6. The van der Waals surface area contributed by atoms with Crippen molar-refractivity contribution in [2.75, 3.05) is 5.32 Å². The van der Waals surface area contributed by atoms with Gasteiger partial charge in [0.1, 0.15) is 5.75 Å². The number of rotatable bonds is 5. The molecule has 0 radical (unpaired) electrons. The lowest BCUT2D eigenvalue weighted by molar-refractivity contribution is -0.152. The lowest BCUT2D eigenvalue weighted by Gasteiger charge is -2.13. The van der Waals surface area contributed by atoms with Crippen LogP contribution in [0.5, 0.6) is 5.75 Å². The Hall–Kier alpha value is -2.34. The highest BCUT2D eigenvalue weighted by molar-refractivity contribution is 9.10. The summed E-state index contributed by atoms with van der Waals surface area (Å²) in [6, 6.07) is 13.4. The summed E-state index contributed by atoms with van der Waals surface area (Å²) < 4.78 is 5.96. The van der Waals surface area contributed by atoms with E-state index >= 15 is 0 Å². The number of ether oxygens (including phenoxy) is 1. The minimum Gasteiger partial charge on any atom is -0.508 e. The maximum atomic E-state index is 12.0. The Morgan fingerprint density at radius 2 is 1.91 bits per heavy atom. The molecule has 0 unspecified atom stereocenters. The molecule has 0 saturated heterocycles. The number of carbonyl (C=O) groups excluding carboxylic acids is 2. The van der Waals surface area contributed by atoms with Crippen LogP contribution in [0.1, 0.15) is 12.5 Å². The van der Waals surface area contributed by atoms with Gasteiger partial charge in [-0.1, -0.05) is 34.1 Å². The van der Waals surface area contributed by atoms with Crippen LogP contribution in [0.2, 0.25) is 0 Å². The summed E-state index contributed by atoms with van der Waals surface area (Å²) in [7, 11) is 0. The van der Waals surface area contributed by atoms with Gasteiger partial charge in [0.25, 0.3) is 5.91 Å². The second kappa shape index (κ2) is 7.78. The SMILES string of the molecule is C[C@@H](OC(=O)Cc1ccc(O)cc1)C(=O)Nc1cccc(Br)c1. The van der Waals surface area contributed by atoms with Gasteiger partial charge in [0, 0.05) is 10.2 Å². The Kier molecular flexibility index (Phi) is 5.76. The molecule has 2 N–H and O–H groups in total. The zero-order chi connectivity index (χ0) is 16.8. The fourth-order valence-electron chi connectivity index (χ4n) is 1.88. The van der Waals surface area contributed by atoms with Crippen LogP contribution in [0.4, 0.5) is 5.69 Å². The Bertz CT molecular complexity index is 700. The number of amides is 1. The van der Waals surface area contributed by atoms with Gasteiger partial charge in [0.2, 0.25) is 0 Å². The van der Waals surface area contributed by atoms with Gasteiger partial charge in [-0.15, -0.1) is 0 Å². The number of hydrogen-bond acceptors (Lipinski definition) is 4. The third-order valence-corrected chi connectivity index (χ3v) is 3.55. The van der Waals surface area contributed by atoms with Crippen molar-refractivity contribution in [1.82, 2.24) is 0 Å². The quantitative estimate of drug-likeness (QED) is 0.784. The molecule has 0 aliphatic heterocycles. The fraction of sp³-hybridized carbons (Fsp3) is 0.176. The number of nitrogens with one attached hydrogen (secondary N) is 1. The predicted octanol–water partition coefficient (Wildman–Crippen LogP) is 3.27. The van der Waals surface area contributed by atoms with Crippen molar-refractivity contribution >= 4 is 33.5 Å². The number of benzene rings is 2. The van der Waals surface area contributed by atoms with Gasteiger partial charge in [-0.3, -0.25) is 9.59 Å². The lowest BCUT2D eigenvalue weighted by Crippen LogP contribution is -2.30. The number of aromatic hydroxyl groups is 1. The van der Waals surface area contributed by atoms with E-state index in [4.69, 9.17) is 4.74 Å². The molecule has 0 fully saturated rings. The van der Waals surface area contributed by atoms with Crippen LogP contribution in [0.25, 0.3) is 0 Å². The van der Waals surface area contributed by atoms with Gasteiger partial charge in [-0.2, -0.15) is 0 Å². The van der Waals surface area contributed by atoms with Crippen LogP contribution in [0.3, 0.4) is 0 Å². The van der Waals surface area contributed by atoms with Crippen molar-refractivity contribution in [1.29, 1.82) is 0 Å². The topological polar surface area (TPSA) is 75.6 Å². The summed E-state index contributed by atoms with van der Waals surface area (Å²) in [6.07, 6.45) is -0.868. The van der Waals surface area contributed by atoms with Crippen LogP contribution in [-0.4, -0.2) is 23.1 Å². The molecule has 0 aromatic heterocycles. The van der Waals surface area contributed by atoms with E-state index in [1.165, 1.54) is 19.1 Å². The van der Waals surface area contributed by atoms with Gasteiger partial charge in [-0.05, 0) is 42.8 Å². The molecule has 5 nitrogen and oxygen atoms in total. The van der Waals surface area contributed by atoms with Crippen molar-refractivity contribution < 1.29 is 19.4 Å². The standard InChI is InChI=1S/C17H16BrNO4/c1-11(17(22)19-14-4-2-3-13(18)10-14)23-16(21)9-12-5-7-15(20)8-6-12/h2-8,10-11,20H,9H2,1H3,(H,19,22)/t11-/m1/s1. The van der Waals surface area contributed by atoms with Crippen LogP contribution in [0, 0.1) is 0 Å². The molecule has 0 bridgehead atoms. The zero-order valence-electron chi connectivity index (χ0n) is 12.5. The predicted molar refractivity (Wildman–Crippen MR) is 90.1 cm³/mol. The van der Waals surface area contributed by atoms with E-state index in [1.54, 1.807) is 30.3 Å². The molecule has 6 heteroatoms. The molecule has 0 heterocycles. The number of hydrogen-bond donors (Lipinski definition) is 2. The number of anilines is 1. The second-order valence-electron chi connectivity index (χ2n) is 4.97. The summed E-state index contributed by atoms with van der Waals surface area (Å²) in [5, 5.41) is 11.9. The van der Waals surface area contributed by atoms with Crippen molar-refractivity contribution in [3.8, 4) is 5.75 Å². The number of phenols is 1. The largest absolute Gasteiger partial charge is 0.508 e. The third kappa shape index (κ3) is 5.41. The minimum absolute atomic E-state index is 0.0365. The van der Waals surface area contributed by atoms with E-state index in [-0.39, 0.29) is 12.2 Å². The molecule has 120 valence electrons. The highest BCUT2D eigenvalue weighted by Gasteiger charge is 2.18. The summed E-state index contributed by atoms with van der Waals surface area (Å²) >= 11 is 3.32. The Morgan fingerprint density at radius 1 is 1.22 bits per heavy atom. The monoisotopic (exact) mass is 377 g/mol. The Morgan fingerprint density at radius 3 is 2.57 bits per heavy atom. The van der Waals surface area contributed by atoms with Gasteiger partial charge < -0.3 is 15.2 Å². The van der Waals surface area contributed by atoms with Crippen molar-refractivity contribution in [2.45, 2.75) is 19.4 Å². The lowest BCUT2D eigenvalue weighted by atomic mass is 10.1. The van der Waals surface area contributed by atoms with Crippen LogP contribution in [-0.2, 0) is 20.7 Å². The molecule has 23 heavy (non-hydrogen) atoms. The van der Waals surface area contributed by atoms with E-state index in [0.717, 1.165) is 4.47 Å². The molecular formula is C17H16BrNO4. The molecule has 0 saturated carbocycles. The number of phenolic OH excluding ortho intramolecular Hbond substituents is 1. The Labute approximate surface area is 142 Å². The highest BCUT2D eigenvalue weighted by atomic mass is 79.9. The maximum absolute atomic E-state index is 12.0. The van der Waals surface area contributed by atoms with E-state index in [0.29, 0.717) is 11.3 Å². The molecule has 2 rings (SSSR count). The van der Waals surface area contributed by atoms with Crippen LogP contribution in [0.15, 0.2) is 53.0 Å². The molecule has 0 spiro atoms. The first-order valence-corrected chi connectivity index (χ1v) is 7.77. The van der Waals surface area contributed by atoms with Gasteiger partial charge in [0.05, 0.1) is 6.42 Å². The fourth-order valence-corrected chi connectivity index (χ4v) is 2.28. The zero-order valence-corrected chi connectivity index (χ0v) is 14.0. The average molecular weight is 378 g/mol. The van der Waals surface area contributed by atoms with E-state index < -0.39 is 18.0 Å². The van der Waals surface area contributed by atoms with Crippen LogP contribution < -0.4 is 5.32 Å². The molecule has 2 aromatic rings. The molecule has 2 aromatic carbocycles. The highest BCUT2D eigenvalue weighted by Crippen LogP contribution is 2.16. The summed E-state index contributed by atoms with van der Waals surface area (Å²) in [5.41, 5.74) is 1.32. The van der Waals surface area contributed by atoms with Crippen molar-refractivity contribution in [3.63, 3.8) is 0 Å². The molecule has 1 amide bonds. The molecule has 0 aliphatic rings. The Balaban J connectivity index is 1.87. The number of carbonyl (C=O) groups is 2. The second-order valence-corrected chi connectivity index (χ2v) is 5.89. The number of esters is 1. The maximum Gasteiger partial charge on any atom is 0.311 e.